The summed E-state index contributed by atoms with van der Waals surface area (Å²) in [7, 11) is -2.19. The topological polar surface area (TPSA) is 387 Å². The summed E-state index contributed by atoms with van der Waals surface area (Å²) in [6.45, 7) is 11.6. The molecule has 1 fully saturated rings. The Morgan fingerprint density at radius 1 is 0.883 bits per heavy atom. The molecule has 0 spiro atoms. The highest BCUT2D eigenvalue weighted by Crippen LogP contribution is 2.45. The number of nitrogens with one attached hydrogen (secondary N) is 7. The Morgan fingerprint density at radius 3 is 2.24 bits per heavy atom. The van der Waals surface area contributed by atoms with Gasteiger partial charge in [-0.05, 0) is 70.7 Å². The zero-order valence-electron chi connectivity index (χ0n) is 58.7. The number of anilines is 3. The molecule has 103 heavy (non-hydrogen) atoms. The van der Waals surface area contributed by atoms with Crippen molar-refractivity contribution in [3.63, 3.8) is 0 Å². The van der Waals surface area contributed by atoms with Gasteiger partial charge in [-0.2, -0.15) is 4.57 Å². The lowest BCUT2D eigenvalue weighted by atomic mass is 9.85. The molecule has 8 amide bonds. The number of rotatable bonds is 32. The van der Waals surface area contributed by atoms with Crippen molar-refractivity contribution in [2.45, 2.75) is 116 Å². The first-order chi connectivity index (χ1) is 48.8. The average molecular weight is 1460 g/mol. The Balaban J connectivity index is 0.701. The number of H-pyrrole nitrogens is 1. The van der Waals surface area contributed by atoms with Crippen molar-refractivity contribution < 1.29 is 74.6 Å². The molecule has 0 saturated carbocycles. The molecule has 32 heteroatoms. The molecular weight excluding hydrogens is 1370 g/mol. The van der Waals surface area contributed by atoms with Crippen molar-refractivity contribution in [1.82, 2.24) is 46.0 Å². The summed E-state index contributed by atoms with van der Waals surface area (Å²) in [5.74, 6) is -6.01. The smallest absolute Gasteiger partial charge is 0.312 e. The van der Waals surface area contributed by atoms with Gasteiger partial charge in [-0.15, -0.1) is 0 Å². The normalized spacial score (nSPS) is 15.3. The number of benzene rings is 3. The van der Waals surface area contributed by atoms with Crippen molar-refractivity contribution in [2.24, 2.45) is 29.8 Å². The second-order valence-electron chi connectivity index (χ2n) is 27.1. The van der Waals surface area contributed by atoms with E-state index in [0.29, 0.717) is 46.8 Å². The molecule has 28 nitrogen and oxygen atoms in total. The summed E-state index contributed by atoms with van der Waals surface area (Å²) in [5.41, 5.74) is 18.4. The third-order valence-electron chi connectivity index (χ3n) is 17.7. The van der Waals surface area contributed by atoms with Crippen LogP contribution in [0.1, 0.15) is 92.2 Å². The second-order valence-corrected chi connectivity index (χ2v) is 30.1. The molecule has 9 rings (SSSR count). The van der Waals surface area contributed by atoms with E-state index in [0.717, 1.165) is 39.7 Å². The number of hydrogen-bond donors (Lipinski definition) is 10. The van der Waals surface area contributed by atoms with E-state index in [2.05, 4.69) is 46.4 Å². The minimum absolute atomic E-state index is 0.000408. The SMILES string of the molecule is Cc1c(-c2ccc(CNC(=O)[C@@H]3C[C@@H](O)CN3C(=O)[C@@H](NC(=O)COCCOCCOCCNC(=O)c3cc4c(cc3CS(C)(=O)=O)-c3cn(C)c(=O)c5[nH]cc(c35)CN4c3ncc(F)cc3F)C(C)(C)C)cc2)sc[n+]1Cc1ccc(NC(=O)[C@H](CCCNC(N)=O)NC(=O)[C@@H](N)C(C)C)cc1. The van der Waals surface area contributed by atoms with Crippen molar-refractivity contribution in [3.05, 3.63) is 146 Å². The highest BCUT2D eigenvalue weighted by Gasteiger charge is 2.45. The Morgan fingerprint density at radius 2 is 1.57 bits per heavy atom. The average Bonchev–Trinajstić information content (AvgIpc) is 1.59. The zero-order chi connectivity index (χ0) is 74.6. The fourth-order valence-corrected chi connectivity index (χ4v) is 14.0. The maximum absolute atomic E-state index is 15.6. The highest BCUT2D eigenvalue weighted by atomic mass is 32.2. The fraction of sp³-hybridized carbons (Fsp3) is 0.437. The van der Waals surface area contributed by atoms with E-state index in [-0.39, 0.29) is 118 Å². The van der Waals surface area contributed by atoms with Crippen LogP contribution in [-0.2, 0) is 80.5 Å². The number of fused-ring (bicyclic) bond motifs is 2. The Labute approximate surface area is 598 Å². The number of urea groups is 1. The number of thiazole rings is 1. The molecule has 0 radical (unpaired) electrons. The van der Waals surface area contributed by atoms with Crippen LogP contribution < -0.4 is 58.4 Å². The van der Waals surface area contributed by atoms with Crippen molar-refractivity contribution in [1.29, 1.82) is 0 Å². The molecular formula is C71H89F2N14O14S2+. The molecule has 1 saturated heterocycles. The predicted octanol–water partition coefficient (Wildman–Crippen LogP) is 4.22. The van der Waals surface area contributed by atoms with Gasteiger partial charge in [0.05, 0.1) is 69.4 Å². The quantitative estimate of drug-likeness (QED) is 0.0208. The van der Waals surface area contributed by atoms with E-state index in [1.54, 1.807) is 63.7 Å². The number of aliphatic hydroxyl groups is 1. The van der Waals surface area contributed by atoms with Crippen molar-refractivity contribution >= 4 is 90.7 Å². The first kappa shape index (κ1) is 77.6. The van der Waals surface area contributed by atoms with Gasteiger partial charge < -0.3 is 82.0 Å². The van der Waals surface area contributed by atoms with Crippen molar-refractivity contribution in [3.8, 4) is 21.6 Å². The summed E-state index contributed by atoms with van der Waals surface area (Å²) in [5, 5.41) is 27.9. The third-order valence-corrected chi connectivity index (χ3v) is 19.6. The molecule has 5 atom stereocenters. The number of amides is 8. The summed E-state index contributed by atoms with van der Waals surface area (Å²) in [4.78, 5) is 117. The number of carbonyl (C=O) groups excluding carboxylic acids is 7. The van der Waals surface area contributed by atoms with Crippen LogP contribution in [0.2, 0.25) is 0 Å². The number of aliphatic hydroxyl groups excluding tert-OH is 1. The van der Waals surface area contributed by atoms with Crippen LogP contribution in [0.4, 0.5) is 30.8 Å². The van der Waals surface area contributed by atoms with E-state index >= 15 is 4.39 Å². The van der Waals surface area contributed by atoms with Crippen LogP contribution in [0, 0.1) is 29.9 Å². The second kappa shape index (κ2) is 34.1. The monoisotopic (exact) mass is 1460 g/mol. The molecule has 6 heterocycles. The van der Waals surface area contributed by atoms with Gasteiger partial charge in [-0.1, -0.05) is 82.4 Å². The molecule has 4 aromatic heterocycles. The number of carbonyl (C=O) groups is 7. The van der Waals surface area contributed by atoms with Crippen molar-refractivity contribution in [2.75, 3.05) is 75.7 Å². The molecule has 0 unspecified atom stereocenters. The van der Waals surface area contributed by atoms with Gasteiger partial charge in [0.15, 0.2) is 33.7 Å². The van der Waals surface area contributed by atoms with Crippen LogP contribution in [0.3, 0.4) is 0 Å². The van der Waals surface area contributed by atoms with Gasteiger partial charge >= 0.3 is 6.03 Å². The Bertz CT molecular complexity index is 4450. The number of hydrogen-bond acceptors (Lipinski definition) is 18. The summed E-state index contributed by atoms with van der Waals surface area (Å²) in [6.07, 6.45) is 4.69. The van der Waals surface area contributed by atoms with E-state index in [9.17, 15) is 56.3 Å². The molecule has 0 bridgehead atoms. The number of aryl methyl sites for hydroxylation is 1. The number of halogens is 2. The van der Waals surface area contributed by atoms with Gasteiger partial charge in [0, 0.05) is 105 Å². The number of aromatic nitrogens is 4. The van der Waals surface area contributed by atoms with Crippen LogP contribution in [0.5, 0.6) is 0 Å². The number of β-amino-alcohol motifs (C(OH)–C–C–N with tert-alkyl or cyclic N) is 1. The number of likely N-dealkylation sites (tertiary alicyclic amines) is 1. The summed E-state index contributed by atoms with van der Waals surface area (Å²) < 4.78 is 75.8. The van der Waals surface area contributed by atoms with Gasteiger partial charge in [-0.3, -0.25) is 33.6 Å². The van der Waals surface area contributed by atoms with Crippen LogP contribution in [-0.4, -0.2) is 170 Å². The van der Waals surface area contributed by atoms with E-state index in [1.807, 2.05) is 62.7 Å². The Hall–Kier alpha value is -9.57. The fourth-order valence-electron chi connectivity index (χ4n) is 12.2. The third kappa shape index (κ3) is 20.0. The molecule has 7 aromatic rings. The van der Waals surface area contributed by atoms with Gasteiger partial charge in [0.1, 0.15) is 40.9 Å². The first-order valence-electron chi connectivity index (χ1n) is 33.6. The maximum Gasteiger partial charge on any atom is 0.312 e. The van der Waals surface area contributed by atoms with Crippen LogP contribution in [0.25, 0.3) is 32.5 Å². The molecule has 2 aliphatic heterocycles. The minimum atomic E-state index is -3.74. The number of ether oxygens (including phenoxy) is 3. The van der Waals surface area contributed by atoms with E-state index in [4.69, 9.17) is 25.7 Å². The molecule has 3 aromatic carbocycles. The number of pyridine rings is 2. The summed E-state index contributed by atoms with van der Waals surface area (Å²) in [6, 6.07) is 14.2. The first-order valence-corrected chi connectivity index (χ1v) is 36.6. The lowest BCUT2D eigenvalue weighted by Gasteiger charge is -2.35. The van der Waals surface area contributed by atoms with Crippen LogP contribution in [0.15, 0.2) is 95.6 Å². The molecule has 2 aliphatic rings. The lowest BCUT2D eigenvalue weighted by Crippen LogP contribution is -2.58. The molecule has 552 valence electrons. The lowest BCUT2D eigenvalue weighted by molar-refractivity contribution is -0.689. The number of sulfone groups is 1. The standard InChI is InChI=1S/C71H88F2N14O14S2/c1-40(2)59(74)67(93)82-54(10-9-19-77-70(75)96)65(91)81-48-17-13-43(14-18-48)33-85-39-102-61(41(85)3)44-15-11-42(12-16-44)30-80-66(92)56-28-49(88)35-87(56)69(95)62(71(4,5)6)83-57(89)37-101-25-24-100-23-22-99-21-20-76-64(90)50-29-55-51(26-45(50)38-103(8,97)98)52-36-84(7)68(94)60-58(52)46(31-78-60)34-86(55)63-53(73)27-47(72)32-79-63/h11-18,26-27,29,31-32,36,39-40,49,54,56,59,62,88H,9-10,19-25,28,30,33-35,37-38,74H2,1-8H3,(H8-,75,76,77,78,80,81,82,83,89,90,91,92,93,94,96)/p+1/t49-,54+,56+,59+,62-/m1/s1. The number of aromatic amines is 1. The van der Waals surface area contributed by atoms with Gasteiger partial charge in [-0.25, -0.2) is 27.0 Å². The van der Waals surface area contributed by atoms with E-state index in [1.165, 1.54) is 26.5 Å². The van der Waals surface area contributed by atoms with Gasteiger partial charge in [0.2, 0.25) is 35.0 Å². The predicted molar refractivity (Wildman–Crippen MR) is 382 cm³/mol. The number of nitrogens with two attached hydrogens (primary N) is 2. The van der Waals surface area contributed by atoms with Crippen LogP contribution >= 0.6 is 11.3 Å². The number of nitrogens with zero attached hydrogens (tertiary/aromatic N) is 5. The Kier molecular flexibility index (Phi) is 25.7. The largest absolute Gasteiger partial charge is 0.391 e. The van der Waals surface area contributed by atoms with E-state index < -0.39 is 111 Å². The minimum Gasteiger partial charge on any atom is -0.391 e. The zero-order valence-corrected chi connectivity index (χ0v) is 60.3. The molecule has 0 aliphatic carbocycles. The maximum atomic E-state index is 15.6. The summed E-state index contributed by atoms with van der Waals surface area (Å²) >= 11 is 1.57. The van der Waals surface area contributed by atoms with Gasteiger partial charge in [0.25, 0.3) is 11.5 Å². The number of primary amides is 1. The highest BCUT2D eigenvalue weighted by molar-refractivity contribution is 7.89. The molecule has 12 N–H and O–H groups in total.